The Morgan fingerprint density at radius 3 is 2.27 bits per heavy atom. The lowest BCUT2D eigenvalue weighted by molar-refractivity contribution is 0.0528. The second-order valence-electron chi connectivity index (χ2n) is 5.79. The first-order valence-corrected chi connectivity index (χ1v) is 8.42. The molecule has 7 nitrogen and oxygen atoms in total. The number of carbonyl (C=O) groups is 1. The number of primary sulfonamides is 1. The molecule has 0 aromatic heterocycles. The Balaban J connectivity index is 2.27. The lowest BCUT2D eigenvalue weighted by Crippen LogP contribution is -2.36. The van der Waals surface area contributed by atoms with Crippen LogP contribution in [0.1, 0.15) is 26.3 Å². The van der Waals surface area contributed by atoms with Gasteiger partial charge in [0.25, 0.3) is 0 Å². The van der Waals surface area contributed by atoms with E-state index in [4.69, 9.17) is 9.88 Å². The Bertz CT molecular complexity index is 592. The number of carbonyl (C=O) groups excluding carboxylic acids is 1. The molecule has 0 radical (unpaired) electrons. The predicted molar refractivity (Wildman–Crippen MR) is 83.8 cm³/mol. The molecule has 0 bridgehead atoms. The number of hydrogen-bond donors (Lipinski definition) is 3. The molecule has 0 aliphatic carbocycles. The summed E-state index contributed by atoms with van der Waals surface area (Å²) < 4.78 is 27.3. The molecular formula is C14H23N3O4S. The maximum absolute atomic E-state index is 11.4. The smallest absolute Gasteiger partial charge is 0.407 e. The van der Waals surface area contributed by atoms with Crippen LogP contribution in [0.3, 0.4) is 0 Å². The minimum Gasteiger partial charge on any atom is -0.444 e. The predicted octanol–water partition coefficient (Wildman–Crippen LogP) is 0.948. The molecule has 8 heteroatoms. The molecule has 0 aliphatic rings. The molecule has 1 rings (SSSR count). The summed E-state index contributed by atoms with van der Waals surface area (Å²) in [7, 11) is -3.66. The van der Waals surface area contributed by atoms with Crippen molar-refractivity contribution in [1.82, 2.24) is 10.6 Å². The van der Waals surface area contributed by atoms with E-state index in [1.807, 2.05) is 0 Å². The van der Waals surface area contributed by atoms with Gasteiger partial charge < -0.3 is 15.4 Å². The Hall–Kier alpha value is -1.64. The molecule has 0 saturated heterocycles. The second kappa shape index (κ2) is 7.57. The minimum absolute atomic E-state index is 0.0860. The van der Waals surface area contributed by atoms with Gasteiger partial charge >= 0.3 is 6.09 Å². The van der Waals surface area contributed by atoms with Gasteiger partial charge in [-0.05, 0) is 38.5 Å². The van der Waals surface area contributed by atoms with Crippen LogP contribution in [-0.4, -0.2) is 33.2 Å². The van der Waals surface area contributed by atoms with Gasteiger partial charge in [-0.25, -0.2) is 18.4 Å². The Morgan fingerprint density at radius 2 is 1.77 bits per heavy atom. The molecule has 4 N–H and O–H groups in total. The van der Waals surface area contributed by atoms with Gasteiger partial charge in [-0.1, -0.05) is 12.1 Å². The molecule has 1 aromatic rings. The topological polar surface area (TPSA) is 111 Å². The SMILES string of the molecule is CC(C)(C)OC(=O)NCCNCc1ccc(S(N)(=O)=O)cc1. The lowest BCUT2D eigenvalue weighted by Gasteiger charge is -2.19. The maximum atomic E-state index is 11.4. The quantitative estimate of drug-likeness (QED) is 0.673. The molecule has 1 aromatic carbocycles. The van der Waals surface area contributed by atoms with Crippen molar-refractivity contribution in [3.8, 4) is 0 Å². The summed E-state index contributed by atoms with van der Waals surface area (Å²) >= 11 is 0. The van der Waals surface area contributed by atoms with Crippen molar-refractivity contribution in [3.63, 3.8) is 0 Å². The van der Waals surface area contributed by atoms with Gasteiger partial charge in [0.1, 0.15) is 5.60 Å². The van der Waals surface area contributed by atoms with Crippen LogP contribution in [0.15, 0.2) is 29.2 Å². The van der Waals surface area contributed by atoms with E-state index in [1.165, 1.54) is 12.1 Å². The van der Waals surface area contributed by atoms with E-state index in [-0.39, 0.29) is 4.90 Å². The van der Waals surface area contributed by atoms with Crippen molar-refractivity contribution in [2.24, 2.45) is 5.14 Å². The standard InChI is InChI=1S/C14H23N3O4S/c1-14(2,3)21-13(18)17-9-8-16-10-11-4-6-12(7-5-11)22(15,19)20/h4-7,16H,8-10H2,1-3H3,(H,17,18)(H2,15,19,20). The summed E-state index contributed by atoms with van der Waals surface area (Å²) in [4.78, 5) is 11.5. The first-order chi connectivity index (χ1) is 10.1. The fraction of sp³-hybridized carbons (Fsp3) is 0.500. The van der Waals surface area contributed by atoms with Crippen LogP contribution in [0.2, 0.25) is 0 Å². The van der Waals surface area contributed by atoms with Crippen LogP contribution in [-0.2, 0) is 21.3 Å². The monoisotopic (exact) mass is 329 g/mol. The van der Waals surface area contributed by atoms with Gasteiger partial charge in [0, 0.05) is 19.6 Å². The number of ether oxygens (including phenoxy) is 1. The number of nitrogens with one attached hydrogen (secondary N) is 2. The molecule has 1 amide bonds. The summed E-state index contributed by atoms with van der Waals surface area (Å²) in [6.45, 7) is 6.96. The molecule has 0 spiro atoms. The lowest BCUT2D eigenvalue weighted by atomic mass is 10.2. The van der Waals surface area contributed by atoms with Crippen molar-refractivity contribution in [2.75, 3.05) is 13.1 Å². The summed E-state index contributed by atoms with van der Waals surface area (Å²) in [6.07, 6.45) is -0.452. The summed E-state index contributed by atoms with van der Waals surface area (Å²) in [5.41, 5.74) is 0.410. The number of benzene rings is 1. The van der Waals surface area contributed by atoms with Gasteiger partial charge in [0.15, 0.2) is 0 Å². The number of nitrogens with two attached hydrogens (primary N) is 1. The van der Waals surface area contributed by atoms with Crippen molar-refractivity contribution in [1.29, 1.82) is 0 Å². The minimum atomic E-state index is -3.66. The van der Waals surface area contributed by atoms with Gasteiger partial charge in [-0.15, -0.1) is 0 Å². The number of rotatable bonds is 6. The third-order valence-electron chi connectivity index (χ3n) is 2.55. The van der Waals surface area contributed by atoms with Crippen molar-refractivity contribution >= 4 is 16.1 Å². The van der Waals surface area contributed by atoms with Crippen LogP contribution in [0, 0.1) is 0 Å². The first kappa shape index (κ1) is 18.4. The highest BCUT2D eigenvalue weighted by atomic mass is 32.2. The molecule has 0 unspecified atom stereocenters. The van der Waals surface area contributed by atoms with E-state index in [0.29, 0.717) is 19.6 Å². The maximum Gasteiger partial charge on any atom is 0.407 e. The summed E-state index contributed by atoms with van der Waals surface area (Å²) in [5, 5.41) is 10.8. The van der Waals surface area contributed by atoms with Crippen molar-refractivity contribution in [2.45, 2.75) is 37.8 Å². The Labute approximate surface area is 131 Å². The molecule has 0 saturated carbocycles. The zero-order valence-corrected chi connectivity index (χ0v) is 13.9. The van der Waals surface area contributed by atoms with Gasteiger partial charge in [-0.3, -0.25) is 0 Å². The molecule has 0 heterocycles. The Kier molecular flexibility index (Phi) is 6.34. The average Bonchev–Trinajstić information content (AvgIpc) is 2.35. The number of sulfonamides is 1. The van der Waals surface area contributed by atoms with E-state index in [0.717, 1.165) is 5.56 Å². The molecule has 0 fully saturated rings. The van der Waals surface area contributed by atoms with Crippen LogP contribution in [0.25, 0.3) is 0 Å². The number of amides is 1. The van der Waals surface area contributed by atoms with E-state index >= 15 is 0 Å². The average molecular weight is 329 g/mol. The normalized spacial score (nSPS) is 12.0. The molecular weight excluding hydrogens is 306 g/mol. The highest BCUT2D eigenvalue weighted by molar-refractivity contribution is 7.89. The first-order valence-electron chi connectivity index (χ1n) is 6.87. The zero-order valence-electron chi connectivity index (χ0n) is 13.0. The van der Waals surface area contributed by atoms with E-state index in [9.17, 15) is 13.2 Å². The van der Waals surface area contributed by atoms with Gasteiger partial charge in [0.05, 0.1) is 4.90 Å². The van der Waals surface area contributed by atoms with Crippen LogP contribution >= 0.6 is 0 Å². The van der Waals surface area contributed by atoms with Crippen molar-refractivity contribution in [3.05, 3.63) is 29.8 Å². The summed E-state index contributed by atoms with van der Waals surface area (Å²) in [6, 6.07) is 6.30. The second-order valence-corrected chi connectivity index (χ2v) is 7.36. The van der Waals surface area contributed by atoms with Crippen LogP contribution in [0.4, 0.5) is 4.79 Å². The van der Waals surface area contributed by atoms with Crippen LogP contribution in [0.5, 0.6) is 0 Å². The van der Waals surface area contributed by atoms with E-state index in [2.05, 4.69) is 10.6 Å². The molecule has 0 aliphatic heterocycles. The van der Waals surface area contributed by atoms with Crippen molar-refractivity contribution < 1.29 is 17.9 Å². The third-order valence-corrected chi connectivity index (χ3v) is 3.48. The fourth-order valence-corrected chi connectivity index (χ4v) is 2.11. The highest BCUT2D eigenvalue weighted by Crippen LogP contribution is 2.08. The fourth-order valence-electron chi connectivity index (χ4n) is 1.60. The summed E-state index contributed by atoms with van der Waals surface area (Å²) in [5.74, 6) is 0. The zero-order chi connectivity index (χ0) is 16.8. The largest absolute Gasteiger partial charge is 0.444 e. The highest BCUT2D eigenvalue weighted by Gasteiger charge is 2.15. The van der Waals surface area contributed by atoms with Gasteiger partial charge in [-0.2, -0.15) is 0 Å². The number of hydrogen-bond acceptors (Lipinski definition) is 5. The molecule has 22 heavy (non-hydrogen) atoms. The Morgan fingerprint density at radius 1 is 1.18 bits per heavy atom. The van der Waals surface area contributed by atoms with E-state index in [1.54, 1.807) is 32.9 Å². The van der Waals surface area contributed by atoms with Crippen LogP contribution < -0.4 is 15.8 Å². The van der Waals surface area contributed by atoms with E-state index < -0.39 is 21.7 Å². The molecule has 124 valence electrons. The van der Waals surface area contributed by atoms with Gasteiger partial charge in [0.2, 0.25) is 10.0 Å². The third kappa shape index (κ3) is 7.39. The molecule has 0 atom stereocenters. The number of alkyl carbamates (subject to hydrolysis) is 1.